The van der Waals surface area contributed by atoms with E-state index in [-0.39, 0.29) is 35.3 Å². The van der Waals surface area contributed by atoms with Crippen LogP contribution in [0.5, 0.6) is 0 Å². The van der Waals surface area contributed by atoms with Crippen LogP contribution in [0.4, 0.5) is 19.7 Å². The first kappa shape index (κ1) is 20.4. The van der Waals surface area contributed by atoms with Crippen molar-refractivity contribution >= 4 is 34.6 Å². The minimum Gasteiger partial charge on any atom is -0.328 e. The molecule has 0 spiro atoms. The summed E-state index contributed by atoms with van der Waals surface area (Å²) >= 11 is 1.01. The molecule has 2 aromatic carbocycles. The highest BCUT2D eigenvalue weighted by atomic mass is 32.2. The Labute approximate surface area is 178 Å². The number of amides is 4. The minimum atomic E-state index is -0.494. The van der Waals surface area contributed by atoms with E-state index < -0.39 is 5.54 Å². The van der Waals surface area contributed by atoms with Crippen molar-refractivity contribution in [3.05, 3.63) is 65.5 Å². The van der Waals surface area contributed by atoms with E-state index >= 15 is 0 Å². The number of carbonyl (C=O) groups is 3. The maximum absolute atomic E-state index is 13.3. The molecule has 1 aliphatic carbocycles. The smallest absolute Gasteiger partial charge is 0.319 e. The van der Waals surface area contributed by atoms with Gasteiger partial charge in [-0.05, 0) is 48.2 Å². The number of rotatable bonds is 5. The molecule has 4 amide bonds. The van der Waals surface area contributed by atoms with E-state index in [1.165, 1.54) is 17.0 Å². The van der Waals surface area contributed by atoms with Gasteiger partial charge in [-0.25, -0.2) is 9.18 Å². The van der Waals surface area contributed by atoms with E-state index in [9.17, 15) is 18.8 Å². The average molecular weight is 428 g/mol. The van der Waals surface area contributed by atoms with Gasteiger partial charge in [-0.2, -0.15) is 0 Å². The predicted molar refractivity (Wildman–Crippen MR) is 114 cm³/mol. The lowest BCUT2D eigenvalue weighted by molar-refractivity contribution is -0.125. The quantitative estimate of drug-likeness (QED) is 0.730. The molecule has 1 saturated carbocycles. The van der Waals surface area contributed by atoms with E-state index in [4.69, 9.17) is 0 Å². The Morgan fingerprint density at radius 2 is 1.70 bits per heavy atom. The maximum Gasteiger partial charge on any atom is 0.319 e. The number of nitrogens with zero attached hydrogens (tertiary/aromatic N) is 1. The summed E-state index contributed by atoms with van der Waals surface area (Å²) in [6.07, 6.45) is 3.61. The van der Waals surface area contributed by atoms with Gasteiger partial charge in [-0.1, -0.05) is 48.9 Å². The lowest BCUT2D eigenvalue weighted by atomic mass is 9.88. The molecule has 1 aliphatic heterocycles. The highest BCUT2D eigenvalue weighted by molar-refractivity contribution is 8.14. The van der Waals surface area contributed by atoms with Crippen molar-refractivity contribution in [2.45, 2.75) is 37.8 Å². The number of imide groups is 1. The van der Waals surface area contributed by atoms with Crippen LogP contribution in [0, 0.1) is 5.82 Å². The molecule has 2 aromatic rings. The van der Waals surface area contributed by atoms with Crippen LogP contribution in [-0.2, 0) is 16.9 Å². The summed E-state index contributed by atoms with van der Waals surface area (Å²) in [5.41, 5.74) is 1.83. The minimum absolute atomic E-state index is 0.186. The van der Waals surface area contributed by atoms with Gasteiger partial charge in [0.25, 0.3) is 5.24 Å². The van der Waals surface area contributed by atoms with Gasteiger partial charge in [0, 0.05) is 5.69 Å². The van der Waals surface area contributed by atoms with Crippen molar-refractivity contribution in [2.75, 3.05) is 11.1 Å². The first-order valence-corrected chi connectivity index (χ1v) is 10.9. The Morgan fingerprint density at radius 3 is 2.30 bits per heavy atom. The molecule has 156 valence electrons. The van der Waals surface area contributed by atoms with Crippen molar-refractivity contribution < 1.29 is 18.8 Å². The molecule has 0 unspecified atom stereocenters. The van der Waals surface area contributed by atoms with Gasteiger partial charge in [0.15, 0.2) is 0 Å². The summed E-state index contributed by atoms with van der Waals surface area (Å²) in [5, 5.41) is 5.69. The van der Waals surface area contributed by atoms with Crippen LogP contribution in [0.2, 0.25) is 0 Å². The Morgan fingerprint density at radius 1 is 1.03 bits per heavy atom. The number of thioether (sulfide) groups is 1. The zero-order chi connectivity index (χ0) is 21.1. The standard InChI is InChI=1S/C22H22FN3O3S/c23-17-7-5-16(6-8-17)22(11-1-2-12-22)25-20(28)24-18-9-3-15(4-10-18)13-26-19(27)14-30-21(26)29/h3-10H,1-2,11-14H2,(H2,24,25,28). The second kappa shape index (κ2) is 8.47. The third kappa shape index (κ3) is 4.33. The van der Waals surface area contributed by atoms with Crippen LogP contribution < -0.4 is 10.6 Å². The summed E-state index contributed by atoms with van der Waals surface area (Å²) in [5.74, 6) is -0.296. The van der Waals surface area contributed by atoms with E-state index in [2.05, 4.69) is 10.6 Å². The molecule has 30 heavy (non-hydrogen) atoms. The van der Waals surface area contributed by atoms with E-state index in [1.807, 2.05) is 0 Å². The first-order valence-electron chi connectivity index (χ1n) is 9.86. The molecule has 8 heteroatoms. The van der Waals surface area contributed by atoms with Crippen molar-refractivity contribution in [2.24, 2.45) is 0 Å². The second-order valence-corrected chi connectivity index (χ2v) is 8.53. The molecule has 1 saturated heterocycles. The van der Waals surface area contributed by atoms with Gasteiger partial charge >= 0.3 is 6.03 Å². The lowest BCUT2D eigenvalue weighted by Crippen LogP contribution is -2.45. The van der Waals surface area contributed by atoms with Gasteiger partial charge < -0.3 is 10.6 Å². The summed E-state index contributed by atoms with van der Waals surface area (Å²) in [6.45, 7) is 0.227. The molecule has 2 fully saturated rings. The molecular formula is C22H22FN3O3S. The lowest BCUT2D eigenvalue weighted by Gasteiger charge is -2.31. The third-order valence-electron chi connectivity index (χ3n) is 5.60. The van der Waals surface area contributed by atoms with Gasteiger partial charge in [-0.3, -0.25) is 14.5 Å². The second-order valence-electron chi connectivity index (χ2n) is 7.61. The van der Waals surface area contributed by atoms with Gasteiger partial charge in [0.2, 0.25) is 5.91 Å². The maximum atomic E-state index is 13.3. The van der Waals surface area contributed by atoms with Crippen molar-refractivity contribution in [1.82, 2.24) is 10.2 Å². The molecule has 2 aliphatic rings. The highest BCUT2D eigenvalue weighted by Crippen LogP contribution is 2.38. The van der Waals surface area contributed by atoms with Gasteiger partial charge in [0.1, 0.15) is 5.82 Å². The zero-order valence-corrected chi connectivity index (χ0v) is 17.1. The van der Waals surface area contributed by atoms with Crippen LogP contribution >= 0.6 is 11.8 Å². The fraction of sp³-hybridized carbons (Fsp3) is 0.318. The topological polar surface area (TPSA) is 78.5 Å². The monoisotopic (exact) mass is 427 g/mol. The van der Waals surface area contributed by atoms with Crippen LogP contribution in [0.1, 0.15) is 36.8 Å². The SMILES string of the molecule is O=C(Nc1ccc(CN2C(=O)CSC2=O)cc1)NC1(c2ccc(F)cc2)CCCC1. The molecule has 6 nitrogen and oxygen atoms in total. The number of hydrogen-bond acceptors (Lipinski definition) is 4. The van der Waals surface area contributed by atoms with Crippen LogP contribution in [0.15, 0.2) is 48.5 Å². The summed E-state index contributed by atoms with van der Waals surface area (Å²) in [6, 6.07) is 13.0. The first-order chi connectivity index (χ1) is 14.4. The molecule has 2 N–H and O–H groups in total. The fourth-order valence-electron chi connectivity index (χ4n) is 4.02. The number of nitrogens with one attached hydrogen (secondary N) is 2. The molecule has 0 radical (unpaired) electrons. The third-order valence-corrected chi connectivity index (χ3v) is 6.46. The van der Waals surface area contributed by atoms with E-state index in [0.717, 1.165) is 48.6 Å². The van der Waals surface area contributed by atoms with Crippen LogP contribution in [0.25, 0.3) is 0 Å². The van der Waals surface area contributed by atoms with Crippen molar-refractivity contribution in [1.29, 1.82) is 0 Å². The Hall–Kier alpha value is -2.87. The summed E-state index contributed by atoms with van der Waals surface area (Å²) in [7, 11) is 0. The number of urea groups is 1. The average Bonchev–Trinajstić information content (AvgIpc) is 3.32. The summed E-state index contributed by atoms with van der Waals surface area (Å²) in [4.78, 5) is 37.3. The van der Waals surface area contributed by atoms with Crippen molar-refractivity contribution in [3.8, 4) is 0 Å². The number of halogens is 1. The Bertz CT molecular complexity index is 941. The number of benzene rings is 2. The molecule has 4 rings (SSSR count). The molecule has 1 heterocycles. The Balaban J connectivity index is 1.40. The number of hydrogen-bond donors (Lipinski definition) is 2. The molecule has 0 aromatic heterocycles. The fourth-order valence-corrected chi connectivity index (χ4v) is 4.75. The Kier molecular flexibility index (Phi) is 5.76. The molecular weight excluding hydrogens is 405 g/mol. The summed E-state index contributed by atoms with van der Waals surface area (Å²) < 4.78 is 13.3. The van der Waals surface area contributed by atoms with Crippen LogP contribution in [0.3, 0.4) is 0 Å². The zero-order valence-electron chi connectivity index (χ0n) is 16.3. The largest absolute Gasteiger partial charge is 0.328 e. The normalized spacial score (nSPS) is 18.0. The van der Waals surface area contributed by atoms with Crippen molar-refractivity contribution in [3.63, 3.8) is 0 Å². The molecule has 0 bridgehead atoms. The van der Waals surface area contributed by atoms with Crippen LogP contribution in [-0.4, -0.2) is 27.8 Å². The predicted octanol–water partition coefficient (Wildman–Crippen LogP) is 4.61. The van der Waals surface area contributed by atoms with E-state index in [1.54, 1.807) is 36.4 Å². The highest BCUT2D eigenvalue weighted by Gasteiger charge is 2.37. The van der Waals surface area contributed by atoms with E-state index in [0.29, 0.717) is 5.69 Å². The number of anilines is 1. The molecule has 0 atom stereocenters. The van der Waals surface area contributed by atoms with Gasteiger partial charge in [-0.15, -0.1) is 0 Å². The van der Waals surface area contributed by atoms with Gasteiger partial charge in [0.05, 0.1) is 17.8 Å². The number of carbonyl (C=O) groups excluding carboxylic acids is 3.